The molecule has 0 bridgehead atoms. The van der Waals surface area contributed by atoms with Gasteiger partial charge >= 0.3 is 5.97 Å². The van der Waals surface area contributed by atoms with Crippen LogP contribution in [0.25, 0.3) is 10.2 Å². The summed E-state index contributed by atoms with van der Waals surface area (Å²) in [5.74, 6) is -0.490. The first kappa shape index (κ1) is 18.9. The highest BCUT2D eigenvalue weighted by molar-refractivity contribution is 7.17. The number of hydrogen-bond acceptors (Lipinski definition) is 5. The zero-order valence-corrected chi connectivity index (χ0v) is 18.1. The minimum absolute atomic E-state index is 0.135. The molecular weight excluding hydrogens is 404 g/mol. The summed E-state index contributed by atoms with van der Waals surface area (Å²) in [6.07, 6.45) is 8.68. The Morgan fingerprint density at radius 1 is 1.17 bits per heavy atom. The van der Waals surface area contributed by atoms with E-state index in [4.69, 9.17) is 4.74 Å². The number of carbonyl (C=O) groups is 2. The summed E-state index contributed by atoms with van der Waals surface area (Å²) in [6.45, 7) is 0. The van der Waals surface area contributed by atoms with Crippen LogP contribution in [0.3, 0.4) is 0 Å². The van der Waals surface area contributed by atoms with Crippen LogP contribution in [-0.2, 0) is 17.6 Å². The summed E-state index contributed by atoms with van der Waals surface area (Å²) in [5.41, 5.74) is 3.46. The van der Waals surface area contributed by atoms with Crippen molar-refractivity contribution in [3.05, 3.63) is 39.2 Å². The van der Waals surface area contributed by atoms with Gasteiger partial charge in [-0.1, -0.05) is 12.8 Å². The van der Waals surface area contributed by atoms with Gasteiger partial charge in [0.05, 0.1) is 22.9 Å². The number of nitrogens with one attached hydrogen (secondary N) is 1. The molecule has 0 aliphatic heterocycles. The Labute approximate surface area is 177 Å². The molecule has 1 saturated carbocycles. The fraction of sp³-hybridized carbons (Fsp3) is 0.455. The second-order valence-electron chi connectivity index (χ2n) is 7.87. The van der Waals surface area contributed by atoms with E-state index in [1.54, 1.807) is 11.3 Å². The van der Waals surface area contributed by atoms with E-state index in [1.165, 1.54) is 36.2 Å². The van der Waals surface area contributed by atoms with E-state index in [1.807, 2.05) is 6.07 Å². The molecule has 0 spiro atoms. The zero-order chi connectivity index (χ0) is 20.0. The van der Waals surface area contributed by atoms with Crippen molar-refractivity contribution < 1.29 is 14.3 Å². The van der Waals surface area contributed by atoms with Crippen molar-refractivity contribution in [2.45, 2.75) is 57.4 Å². The molecule has 2 aliphatic rings. The van der Waals surface area contributed by atoms with Gasteiger partial charge in [-0.2, -0.15) is 0 Å². The number of aryl methyl sites for hydroxylation is 1. The van der Waals surface area contributed by atoms with Crippen LogP contribution < -0.4 is 5.32 Å². The van der Waals surface area contributed by atoms with Crippen molar-refractivity contribution in [3.8, 4) is 0 Å². The van der Waals surface area contributed by atoms with Crippen LogP contribution in [0.1, 0.15) is 75.9 Å². The Balaban J connectivity index is 1.53. The highest BCUT2D eigenvalue weighted by Crippen LogP contribution is 2.40. The van der Waals surface area contributed by atoms with E-state index in [0.29, 0.717) is 22.3 Å². The molecule has 1 N–H and O–H groups in total. The molecule has 0 unspecified atom stereocenters. The van der Waals surface area contributed by atoms with Gasteiger partial charge in [-0.05, 0) is 61.6 Å². The maximum absolute atomic E-state index is 13.4. The molecule has 152 valence electrons. The lowest BCUT2D eigenvalue weighted by atomic mass is 9.95. The van der Waals surface area contributed by atoms with Crippen molar-refractivity contribution in [1.29, 1.82) is 0 Å². The number of thiophene rings is 2. The Morgan fingerprint density at radius 3 is 2.76 bits per heavy atom. The SMILES string of the molecule is COC(=O)c1c(NC(=O)c2cc3sccc3n2C2CCCC2)sc2c1CCCC2. The number of aromatic nitrogens is 1. The number of fused-ring (bicyclic) bond motifs is 2. The first-order chi connectivity index (χ1) is 14.2. The van der Waals surface area contributed by atoms with Gasteiger partial charge in [0, 0.05) is 10.9 Å². The Kier molecular flexibility index (Phi) is 4.95. The first-order valence-corrected chi connectivity index (χ1v) is 12.0. The smallest absolute Gasteiger partial charge is 0.341 e. The highest BCUT2D eigenvalue weighted by Gasteiger charge is 2.29. The van der Waals surface area contributed by atoms with Gasteiger partial charge in [-0.15, -0.1) is 22.7 Å². The number of rotatable bonds is 4. The average molecular weight is 429 g/mol. The van der Waals surface area contributed by atoms with Crippen LogP contribution in [0.15, 0.2) is 17.5 Å². The van der Waals surface area contributed by atoms with Crippen molar-refractivity contribution in [2.75, 3.05) is 12.4 Å². The maximum atomic E-state index is 13.4. The number of methoxy groups -OCH3 is 1. The van der Waals surface area contributed by atoms with Crippen molar-refractivity contribution >= 4 is 49.8 Å². The van der Waals surface area contributed by atoms with Gasteiger partial charge in [-0.25, -0.2) is 4.79 Å². The van der Waals surface area contributed by atoms with Gasteiger partial charge < -0.3 is 14.6 Å². The monoisotopic (exact) mass is 428 g/mol. The molecule has 1 amide bonds. The fourth-order valence-electron chi connectivity index (χ4n) is 4.81. The number of carbonyl (C=O) groups excluding carboxylic acids is 2. The summed E-state index contributed by atoms with van der Waals surface area (Å²) < 4.78 is 8.40. The second-order valence-corrected chi connectivity index (χ2v) is 9.92. The minimum atomic E-state index is -0.355. The Morgan fingerprint density at radius 2 is 1.97 bits per heavy atom. The van der Waals surface area contributed by atoms with E-state index in [9.17, 15) is 9.59 Å². The third-order valence-electron chi connectivity index (χ3n) is 6.17. The molecule has 3 aromatic rings. The van der Waals surface area contributed by atoms with Crippen LogP contribution in [0.2, 0.25) is 0 Å². The van der Waals surface area contributed by atoms with Crippen LogP contribution >= 0.6 is 22.7 Å². The third-order valence-corrected chi connectivity index (χ3v) is 8.23. The molecule has 3 heterocycles. The van der Waals surface area contributed by atoms with Gasteiger partial charge in [0.15, 0.2) is 0 Å². The number of esters is 1. The molecular formula is C22H24N2O3S2. The van der Waals surface area contributed by atoms with Gasteiger partial charge in [0.2, 0.25) is 0 Å². The molecule has 3 aromatic heterocycles. The quantitative estimate of drug-likeness (QED) is 0.535. The molecule has 0 aromatic carbocycles. The molecule has 1 fully saturated rings. The van der Waals surface area contributed by atoms with Crippen molar-refractivity contribution in [1.82, 2.24) is 4.57 Å². The summed E-state index contributed by atoms with van der Waals surface area (Å²) >= 11 is 3.20. The van der Waals surface area contributed by atoms with E-state index < -0.39 is 0 Å². The van der Waals surface area contributed by atoms with E-state index in [-0.39, 0.29) is 11.9 Å². The van der Waals surface area contributed by atoms with Gasteiger partial charge in [0.1, 0.15) is 10.7 Å². The first-order valence-electron chi connectivity index (χ1n) is 10.3. The van der Waals surface area contributed by atoms with Crippen LogP contribution in [0, 0.1) is 0 Å². The minimum Gasteiger partial charge on any atom is -0.465 e. The molecule has 0 radical (unpaired) electrons. The fourth-order valence-corrected chi connectivity index (χ4v) is 6.90. The molecule has 2 aliphatic carbocycles. The Hall–Kier alpha value is -2.12. The zero-order valence-electron chi connectivity index (χ0n) is 16.5. The average Bonchev–Trinajstić information content (AvgIpc) is 3.49. The van der Waals surface area contributed by atoms with Gasteiger partial charge in [-0.3, -0.25) is 4.79 Å². The largest absolute Gasteiger partial charge is 0.465 e. The molecule has 7 heteroatoms. The van der Waals surface area contributed by atoms with E-state index in [2.05, 4.69) is 21.3 Å². The number of amides is 1. The number of anilines is 1. The summed E-state index contributed by atoms with van der Waals surface area (Å²) in [7, 11) is 1.40. The molecule has 0 atom stereocenters. The van der Waals surface area contributed by atoms with Crippen LogP contribution in [0.4, 0.5) is 5.00 Å². The molecule has 5 nitrogen and oxygen atoms in total. The third kappa shape index (κ3) is 3.20. The molecule has 5 rings (SSSR count). The van der Waals surface area contributed by atoms with Crippen molar-refractivity contribution in [3.63, 3.8) is 0 Å². The van der Waals surface area contributed by atoms with Crippen LogP contribution in [-0.4, -0.2) is 23.6 Å². The van der Waals surface area contributed by atoms with Crippen LogP contribution in [0.5, 0.6) is 0 Å². The normalized spacial score (nSPS) is 16.9. The lowest BCUT2D eigenvalue weighted by Crippen LogP contribution is -2.20. The summed E-state index contributed by atoms with van der Waals surface area (Å²) in [5, 5.41) is 5.80. The van der Waals surface area contributed by atoms with Crippen molar-refractivity contribution in [2.24, 2.45) is 0 Å². The van der Waals surface area contributed by atoms with E-state index in [0.717, 1.165) is 54.3 Å². The van der Waals surface area contributed by atoms with Gasteiger partial charge in [0.25, 0.3) is 5.91 Å². The number of nitrogens with zero attached hydrogens (tertiary/aromatic N) is 1. The number of hydrogen-bond donors (Lipinski definition) is 1. The predicted octanol–water partition coefficient (Wildman–Crippen LogP) is 5.80. The lowest BCUT2D eigenvalue weighted by molar-refractivity contribution is 0.0601. The molecule has 29 heavy (non-hydrogen) atoms. The van der Waals surface area contributed by atoms with E-state index >= 15 is 0 Å². The predicted molar refractivity (Wildman–Crippen MR) is 118 cm³/mol. The maximum Gasteiger partial charge on any atom is 0.341 e. The number of ether oxygens (including phenoxy) is 1. The summed E-state index contributed by atoms with van der Waals surface area (Å²) in [4.78, 5) is 27.1. The molecule has 0 saturated heterocycles. The Bertz CT molecular complexity index is 1090. The lowest BCUT2D eigenvalue weighted by Gasteiger charge is -2.17. The summed E-state index contributed by atoms with van der Waals surface area (Å²) in [6, 6.07) is 4.48. The highest BCUT2D eigenvalue weighted by atomic mass is 32.1. The topological polar surface area (TPSA) is 60.3 Å². The standard InChI is InChI=1S/C22H24N2O3S2/c1-27-22(26)19-14-8-4-5-9-17(14)29-21(19)23-20(25)16-12-18-15(10-11-28-18)24(16)13-6-2-3-7-13/h10-13H,2-9H2,1H3,(H,23,25). The second kappa shape index (κ2) is 7.61.